The second kappa shape index (κ2) is 5.66. The summed E-state index contributed by atoms with van der Waals surface area (Å²) < 4.78 is 32.0. The van der Waals surface area contributed by atoms with Crippen LogP contribution in [0.1, 0.15) is 22.6 Å². The molecule has 2 atom stereocenters. The van der Waals surface area contributed by atoms with E-state index >= 15 is 0 Å². The summed E-state index contributed by atoms with van der Waals surface area (Å²) in [5.74, 6) is -2.81. The van der Waals surface area contributed by atoms with Crippen LogP contribution in [0.2, 0.25) is 0 Å². The lowest BCUT2D eigenvalue weighted by atomic mass is 10.0. The summed E-state index contributed by atoms with van der Waals surface area (Å²) >= 11 is 0. The predicted octanol–water partition coefficient (Wildman–Crippen LogP) is 0.708. The van der Waals surface area contributed by atoms with Crippen LogP contribution < -0.4 is 10.6 Å². The number of ether oxygens (including phenoxy) is 1. The van der Waals surface area contributed by atoms with Crippen molar-refractivity contribution in [3.63, 3.8) is 0 Å². The molecule has 1 aromatic heterocycles. The van der Waals surface area contributed by atoms with Crippen LogP contribution >= 0.6 is 0 Å². The summed E-state index contributed by atoms with van der Waals surface area (Å²) in [5, 5.41) is 5.81. The van der Waals surface area contributed by atoms with Crippen molar-refractivity contribution >= 4 is 5.91 Å². The molecule has 5 nitrogen and oxygen atoms in total. The number of aryl methyl sites for hydroxylation is 1. The van der Waals surface area contributed by atoms with Gasteiger partial charge in [-0.2, -0.15) is 0 Å². The van der Waals surface area contributed by atoms with Crippen LogP contribution in [0, 0.1) is 18.6 Å². The molecular formula is C12H17F2N3O2. The fraction of sp³-hybridized carbons (Fsp3) is 0.583. The summed E-state index contributed by atoms with van der Waals surface area (Å²) in [6.07, 6.45) is 0.496. The van der Waals surface area contributed by atoms with Gasteiger partial charge in [0.25, 0.3) is 5.91 Å². The number of H-pyrrole nitrogens is 1. The first-order chi connectivity index (χ1) is 9.04. The monoisotopic (exact) mass is 273 g/mol. The molecule has 1 aliphatic rings. The number of aromatic nitrogens is 1. The van der Waals surface area contributed by atoms with Crippen LogP contribution in [0.5, 0.6) is 0 Å². The third-order valence-electron chi connectivity index (χ3n) is 3.33. The normalized spacial score (nSPS) is 23.4. The second-order valence-corrected chi connectivity index (χ2v) is 4.60. The van der Waals surface area contributed by atoms with Gasteiger partial charge in [0.15, 0.2) is 11.6 Å². The SMILES string of the molecule is CO[C@H]1CNCC[C@H]1NC(=O)c1[nH]c(C)c(F)c1F. The summed E-state index contributed by atoms with van der Waals surface area (Å²) in [7, 11) is 1.55. The van der Waals surface area contributed by atoms with Crippen molar-refractivity contribution in [3.8, 4) is 0 Å². The van der Waals surface area contributed by atoms with Gasteiger partial charge in [-0.05, 0) is 19.9 Å². The van der Waals surface area contributed by atoms with Crippen molar-refractivity contribution in [1.29, 1.82) is 0 Å². The van der Waals surface area contributed by atoms with Gasteiger partial charge >= 0.3 is 0 Å². The van der Waals surface area contributed by atoms with Crippen molar-refractivity contribution < 1.29 is 18.3 Å². The maximum absolute atomic E-state index is 13.5. The Bertz CT molecular complexity index is 476. The Morgan fingerprint density at radius 2 is 2.16 bits per heavy atom. The van der Waals surface area contributed by atoms with Gasteiger partial charge in [0.05, 0.1) is 17.8 Å². The van der Waals surface area contributed by atoms with Gasteiger partial charge in [0.2, 0.25) is 0 Å². The molecule has 0 aromatic carbocycles. The van der Waals surface area contributed by atoms with Gasteiger partial charge in [-0.25, -0.2) is 8.78 Å². The number of aromatic amines is 1. The summed E-state index contributed by atoms with van der Waals surface area (Å²) in [6.45, 7) is 2.73. The van der Waals surface area contributed by atoms with Crippen LogP contribution in [0.4, 0.5) is 8.78 Å². The van der Waals surface area contributed by atoms with Crippen molar-refractivity contribution in [2.24, 2.45) is 0 Å². The van der Waals surface area contributed by atoms with Crippen molar-refractivity contribution in [2.75, 3.05) is 20.2 Å². The number of carbonyl (C=O) groups is 1. The molecule has 7 heteroatoms. The Hall–Kier alpha value is -1.47. The molecule has 0 unspecified atom stereocenters. The fourth-order valence-corrected chi connectivity index (χ4v) is 2.21. The topological polar surface area (TPSA) is 66.2 Å². The third-order valence-corrected chi connectivity index (χ3v) is 3.33. The minimum Gasteiger partial charge on any atom is -0.378 e. The first-order valence-electron chi connectivity index (χ1n) is 6.12. The highest BCUT2D eigenvalue weighted by Crippen LogP contribution is 2.15. The number of nitrogens with one attached hydrogen (secondary N) is 3. The minimum absolute atomic E-state index is 0.0104. The minimum atomic E-state index is -1.14. The Morgan fingerprint density at radius 1 is 1.42 bits per heavy atom. The maximum Gasteiger partial charge on any atom is 0.271 e. The van der Waals surface area contributed by atoms with Crippen LogP contribution in [0.15, 0.2) is 0 Å². The molecule has 106 valence electrons. The lowest BCUT2D eigenvalue weighted by molar-refractivity contribution is 0.0474. The van der Waals surface area contributed by atoms with Gasteiger partial charge < -0.3 is 20.4 Å². The number of hydrogen-bond donors (Lipinski definition) is 3. The molecular weight excluding hydrogens is 256 g/mol. The zero-order valence-corrected chi connectivity index (χ0v) is 10.8. The molecule has 0 bridgehead atoms. The Morgan fingerprint density at radius 3 is 2.74 bits per heavy atom. The van der Waals surface area contributed by atoms with Gasteiger partial charge in [-0.3, -0.25) is 4.79 Å². The molecule has 0 spiro atoms. The molecule has 2 heterocycles. The Labute approximate surface area is 109 Å². The maximum atomic E-state index is 13.5. The van der Waals surface area contributed by atoms with E-state index in [2.05, 4.69) is 15.6 Å². The molecule has 0 radical (unpaired) electrons. The predicted molar refractivity (Wildman–Crippen MR) is 65.0 cm³/mol. The van der Waals surface area contributed by atoms with Crippen LogP contribution in [-0.4, -0.2) is 43.2 Å². The quantitative estimate of drug-likeness (QED) is 0.760. The number of hydrogen-bond acceptors (Lipinski definition) is 3. The van der Waals surface area contributed by atoms with Crippen molar-refractivity contribution in [1.82, 2.24) is 15.6 Å². The average molecular weight is 273 g/mol. The van der Waals surface area contributed by atoms with E-state index in [1.54, 1.807) is 7.11 Å². The summed E-state index contributed by atoms with van der Waals surface area (Å²) in [4.78, 5) is 14.4. The van der Waals surface area contributed by atoms with E-state index in [-0.39, 0.29) is 23.5 Å². The molecule has 1 aliphatic heterocycles. The van der Waals surface area contributed by atoms with Gasteiger partial charge in [-0.1, -0.05) is 0 Å². The summed E-state index contributed by atoms with van der Waals surface area (Å²) in [5.41, 5.74) is -0.361. The standard InChI is InChI=1S/C12H17F2N3O2/c1-6-9(13)10(14)11(16-6)12(18)17-7-3-4-15-5-8(7)19-2/h7-8,15-16H,3-5H2,1-2H3,(H,17,18)/t7-,8+/m1/s1. The zero-order chi connectivity index (χ0) is 14.0. The largest absolute Gasteiger partial charge is 0.378 e. The average Bonchev–Trinajstić information content (AvgIpc) is 2.67. The molecule has 1 fully saturated rings. The molecule has 0 aliphatic carbocycles. The molecule has 3 N–H and O–H groups in total. The van der Waals surface area contributed by atoms with Gasteiger partial charge in [0.1, 0.15) is 5.69 Å². The lowest BCUT2D eigenvalue weighted by Crippen LogP contribution is -2.53. The number of rotatable bonds is 3. The van der Waals surface area contributed by atoms with E-state index in [9.17, 15) is 13.6 Å². The van der Waals surface area contributed by atoms with E-state index < -0.39 is 17.5 Å². The van der Waals surface area contributed by atoms with E-state index in [1.165, 1.54) is 6.92 Å². The fourth-order valence-electron chi connectivity index (χ4n) is 2.21. The molecule has 2 rings (SSSR count). The van der Waals surface area contributed by atoms with Crippen LogP contribution in [0.25, 0.3) is 0 Å². The Balaban J connectivity index is 2.09. The lowest BCUT2D eigenvalue weighted by Gasteiger charge is -2.31. The third kappa shape index (κ3) is 2.76. The first-order valence-corrected chi connectivity index (χ1v) is 6.12. The first kappa shape index (κ1) is 14.0. The van der Waals surface area contributed by atoms with Gasteiger partial charge in [0, 0.05) is 13.7 Å². The number of methoxy groups -OCH3 is 1. The van der Waals surface area contributed by atoms with Crippen LogP contribution in [0.3, 0.4) is 0 Å². The number of amides is 1. The highest BCUT2D eigenvalue weighted by molar-refractivity contribution is 5.93. The molecule has 1 amide bonds. The van der Waals surface area contributed by atoms with E-state index in [4.69, 9.17) is 4.74 Å². The van der Waals surface area contributed by atoms with Crippen molar-refractivity contribution in [2.45, 2.75) is 25.5 Å². The highest BCUT2D eigenvalue weighted by atomic mass is 19.2. The summed E-state index contributed by atoms with van der Waals surface area (Å²) in [6, 6.07) is -0.218. The second-order valence-electron chi connectivity index (χ2n) is 4.60. The van der Waals surface area contributed by atoms with E-state index in [0.29, 0.717) is 13.0 Å². The number of piperidine rings is 1. The molecule has 19 heavy (non-hydrogen) atoms. The zero-order valence-electron chi connectivity index (χ0n) is 10.8. The van der Waals surface area contributed by atoms with Crippen LogP contribution in [-0.2, 0) is 4.74 Å². The smallest absolute Gasteiger partial charge is 0.271 e. The molecule has 0 saturated carbocycles. The van der Waals surface area contributed by atoms with Crippen molar-refractivity contribution in [3.05, 3.63) is 23.0 Å². The number of halogens is 2. The van der Waals surface area contributed by atoms with E-state index in [0.717, 1.165) is 6.54 Å². The number of carbonyl (C=O) groups excluding carboxylic acids is 1. The van der Waals surface area contributed by atoms with E-state index in [1.807, 2.05) is 0 Å². The molecule has 1 aromatic rings. The highest BCUT2D eigenvalue weighted by Gasteiger charge is 2.29. The molecule has 1 saturated heterocycles. The van der Waals surface area contributed by atoms with Gasteiger partial charge in [-0.15, -0.1) is 0 Å². The Kier molecular flexibility index (Phi) is 4.16.